The van der Waals surface area contributed by atoms with Gasteiger partial charge in [0.25, 0.3) is 5.91 Å². The normalized spacial score (nSPS) is 14.2. The van der Waals surface area contributed by atoms with Crippen LogP contribution in [0.5, 0.6) is 0 Å². The molecule has 4 rings (SSSR count). The number of benzene rings is 2. The summed E-state index contributed by atoms with van der Waals surface area (Å²) in [6.45, 7) is 2.35. The molecule has 1 saturated heterocycles. The van der Waals surface area contributed by atoms with Crippen LogP contribution in [-0.2, 0) is 4.79 Å². The van der Waals surface area contributed by atoms with Crippen LogP contribution in [0.25, 0.3) is 11.0 Å². The predicted molar refractivity (Wildman–Crippen MR) is 96.9 cm³/mol. The summed E-state index contributed by atoms with van der Waals surface area (Å²) in [6.07, 6.45) is 1.31. The van der Waals surface area contributed by atoms with Gasteiger partial charge in [-0.3, -0.25) is 9.59 Å². The van der Waals surface area contributed by atoms with Crippen molar-refractivity contribution in [2.24, 2.45) is 0 Å². The number of rotatable bonds is 3. The van der Waals surface area contributed by atoms with E-state index in [1.165, 1.54) is 18.2 Å². The number of nitrogens with one attached hydrogen (secondary N) is 1. The molecule has 0 spiro atoms. The van der Waals surface area contributed by atoms with Gasteiger partial charge in [-0.2, -0.15) is 0 Å². The van der Waals surface area contributed by atoms with Gasteiger partial charge in [0.05, 0.1) is 11.4 Å². The second-order valence-corrected chi connectivity index (χ2v) is 6.32. The molecule has 0 saturated carbocycles. The molecule has 2 heterocycles. The van der Waals surface area contributed by atoms with Gasteiger partial charge in [-0.15, -0.1) is 0 Å². The molecule has 26 heavy (non-hydrogen) atoms. The Kier molecular flexibility index (Phi) is 3.95. The SMILES string of the molecule is Cc1c(C(=O)Nc2ccccc2N2CCCC2=O)oc2ccc(F)cc12. The molecule has 0 atom stereocenters. The summed E-state index contributed by atoms with van der Waals surface area (Å²) in [5.41, 5.74) is 2.24. The molecule has 0 radical (unpaired) electrons. The number of fused-ring (bicyclic) bond motifs is 1. The van der Waals surface area contributed by atoms with Crippen molar-refractivity contribution in [3.63, 3.8) is 0 Å². The Morgan fingerprint density at radius 2 is 2.04 bits per heavy atom. The van der Waals surface area contributed by atoms with E-state index in [1.54, 1.807) is 30.0 Å². The standard InChI is InChI=1S/C20H17FN2O3/c1-12-14-11-13(21)8-9-17(14)26-19(12)20(25)22-15-5-2-3-6-16(15)23-10-4-7-18(23)24/h2-3,5-6,8-9,11H,4,7,10H2,1H3,(H,22,25). The summed E-state index contributed by atoms with van der Waals surface area (Å²) in [6, 6.07) is 11.3. The monoisotopic (exact) mass is 352 g/mol. The smallest absolute Gasteiger partial charge is 0.291 e. The summed E-state index contributed by atoms with van der Waals surface area (Å²) < 4.78 is 19.1. The van der Waals surface area contributed by atoms with E-state index in [4.69, 9.17) is 4.42 Å². The molecule has 1 N–H and O–H groups in total. The molecule has 0 aliphatic carbocycles. The number of carbonyl (C=O) groups is 2. The minimum absolute atomic E-state index is 0.0436. The van der Waals surface area contributed by atoms with Gasteiger partial charge in [0, 0.05) is 23.9 Å². The van der Waals surface area contributed by atoms with Gasteiger partial charge in [-0.05, 0) is 43.7 Å². The van der Waals surface area contributed by atoms with Crippen molar-refractivity contribution in [1.82, 2.24) is 0 Å². The van der Waals surface area contributed by atoms with E-state index >= 15 is 0 Å². The van der Waals surface area contributed by atoms with E-state index in [9.17, 15) is 14.0 Å². The third-order valence-electron chi connectivity index (χ3n) is 4.62. The average molecular weight is 352 g/mol. The highest BCUT2D eigenvalue weighted by molar-refractivity contribution is 6.09. The summed E-state index contributed by atoms with van der Waals surface area (Å²) >= 11 is 0. The van der Waals surface area contributed by atoms with Crippen LogP contribution in [0.3, 0.4) is 0 Å². The lowest BCUT2D eigenvalue weighted by molar-refractivity contribution is -0.117. The van der Waals surface area contributed by atoms with Crippen LogP contribution in [-0.4, -0.2) is 18.4 Å². The number of para-hydroxylation sites is 2. The zero-order valence-electron chi connectivity index (χ0n) is 14.2. The minimum atomic E-state index is -0.432. The lowest BCUT2D eigenvalue weighted by Crippen LogP contribution is -2.25. The maximum Gasteiger partial charge on any atom is 0.291 e. The maximum absolute atomic E-state index is 13.5. The first-order valence-corrected chi connectivity index (χ1v) is 8.44. The third kappa shape index (κ3) is 2.73. The second-order valence-electron chi connectivity index (χ2n) is 6.32. The fourth-order valence-corrected chi connectivity index (χ4v) is 3.31. The summed E-state index contributed by atoms with van der Waals surface area (Å²) in [7, 11) is 0. The zero-order chi connectivity index (χ0) is 18.3. The van der Waals surface area contributed by atoms with Crippen molar-refractivity contribution in [3.8, 4) is 0 Å². The molecule has 2 aromatic carbocycles. The number of amides is 2. The number of aryl methyl sites for hydroxylation is 1. The molecule has 5 nitrogen and oxygen atoms in total. The average Bonchev–Trinajstić information content (AvgIpc) is 3.19. The molecule has 1 fully saturated rings. The van der Waals surface area contributed by atoms with Crippen molar-refractivity contribution in [3.05, 3.63) is 59.6 Å². The second kappa shape index (κ2) is 6.29. The minimum Gasteiger partial charge on any atom is -0.451 e. The molecule has 1 aromatic heterocycles. The molecule has 6 heteroatoms. The van der Waals surface area contributed by atoms with Gasteiger partial charge in [0.1, 0.15) is 11.4 Å². The summed E-state index contributed by atoms with van der Waals surface area (Å²) in [4.78, 5) is 26.5. The number of halogens is 1. The number of furan rings is 1. The Balaban J connectivity index is 1.67. The topological polar surface area (TPSA) is 62.6 Å². The van der Waals surface area contributed by atoms with E-state index in [0.717, 1.165) is 6.42 Å². The quantitative estimate of drug-likeness (QED) is 0.766. The van der Waals surface area contributed by atoms with Gasteiger partial charge < -0.3 is 14.6 Å². The highest BCUT2D eigenvalue weighted by Crippen LogP contribution is 2.31. The molecule has 2 amide bonds. The molecule has 1 aliphatic rings. The van der Waals surface area contributed by atoms with Gasteiger partial charge in [-0.25, -0.2) is 4.39 Å². The lowest BCUT2D eigenvalue weighted by atomic mass is 10.1. The van der Waals surface area contributed by atoms with Crippen molar-refractivity contribution in [2.45, 2.75) is 19.8 Å². The summed E-state index contributed by atoms with van der Waals surface area (Å²) in [5, 5.41) is 3.39. The van der Waals surface area contributed by atoms with Gasteiger partial charge in [-0.1, -0.05) is 12.1 Å². The van der Waals surface area contributed by atoms with Crippen LogP contribution in [0.1, 0.15) is 29.0 Å². The Labute approximate surface area is 149 Å². The summed E-state index contributed by atoms with van der Waals surface area (Å²) in [5.74, 6) is -0.639. The highest BCUT2D eigenvalue weighted by Gasteiger charge is 2.25. The fraction of sp³-hybridized carbons (Fsp3) is 0.200. The molecule has 1 aliphatic heterocycles. The molecular weight excluding hydrogens is 335 g/mol. The first-order chi connectivity index (χ1) is 12.5. The lowest BCUT2D eigenvalue weighted by Gasteiger charge is -2.19. The number of anilines is 2. The van der Waals surface area contributed by atoms with E-state index in [1.807, 2.05) is 6.07 Å². The van der Waals surface area contributed by atoms with Crippen LogP contribution in [0, 0.1) is 12.7 Å². The van der Waals surface area contributed by atoms with E-state index in [-0.39, 0.29) is 17.5 Å². The Hall–Kier alpha value is -3.15. The Morgan fingerprint density at radius 1 is 1.23 bits per heavy atom. The van der Waals surface area contributed by atoms with E-state index in [0.29, 0.717) is 40.9 Å². The third-order valence-corrected chi connectivity index (χ3v) is 4.62. The predicted octanol–water partition coefficient (Wildman–Crippen LogP) is 4.26. The van der Waals surface area contributed by atoms with Crippen LogP contribution < -0.4 is 10.2 Å². The Morgan fingerprint density at radius 3 is 2.81 bits per heavy atom. The van der Waals surface area contributed by atoms with Gasteiger partial charge in [0.2, 0.25) is 5.91 Å². The zero-order valence-corrected chi connectivity index (χ0v) is 14.2. The van der Waals surface area contributed by atoms with Crippen molar-refractivity contribution in [1.29, 1.82) is 0 Å². The van der Waals surface area contributed by atoms with Crippen molar-refractivity contribution >= 4 is 34.2 Å². The number of hydrogen-bond donors (Lipinski definition) is 1. The molecule has 132 valence electrons. The van der Waals surface area contributed by atoms with Crippen LogP contribution >= 0.6 is 0 Å². The number of hydrogen-bond acceptors (Lipinski definition) is 3. The van der Waals surface area contributed by atoms with Crippen molar-refractivity contribution < 1.29 is 18.4 Å². The number of nitrogens with zero attached hydrogens (tertiary/aromatic N) is 1. The maximum atomic E-state index is 13.5. The van der Waals surface area contributed by atoms with Crippen LogP contribution in [0.2, 0.25) is 0 Å². The number of carbonyl (C=O) groups excluding carboxylic acids is 2. The van der Waals surface area contributed by atoms with Crippen LogP contribution in [0.4, 0.5) is 15.8 Å². The van der Waals surface area contributed by atoms with Crippen molar-refractivity contribution in [2.75, 3.05) is 16.8 Å². The Bertz CT molecular complexity index is 1030. The van der Waals surface area contributed by atoms with E-state index in [2.05, 4.69) is 5.32 Å². The van der Waals surface area contributed by atoms with Gasteiger partial charge in [0.15, 0.2) is 5.76 Å². The first kappa shape index (κ1) is 16.3. The molecule has 3 aromatic rings. The largest absolute Gasteiger partial charge is 0.451 e. The first-order valence-electron chi connectivity index (χ1n) is 8.44. The molecular formula is C20H17FN2O3. The van der Waals surface area contributed by atoms with E-state index < -0.39 is 5.91 Å². The van der Waals surface area contributed by atoms with Crippen LogP contribution in [0.15, 0.2) is 46.9 Å². The van der Waals surface area contributed by atoms with Gasteiger partial charge >= 0.3 is 0 Å². The fourth-order valence-electron chi connectivity index (χ4n) is 3.31. The molecule has 0 bridgehead atoms. The molecule has 0 unspecified atom stereocenters. The highest BCUT2D eigenvalue weighted by atomic mass is 19.1.